The Balaban J connectivity index is 1.72. The number of nitrogens with zero attached hydrogens (tertiary/aromatic N) is 1. The highest BCUT2D eigenvalue weighted by atomic mass is 127. The molecule has 0 atom stereocenters. The molecule has 4 rings (SSSR count). The van der Waals surface area contributed by atoms with Gasteiger partial charge in [-0.25, -0.2) is 9.18 Å². The summed E-state index contributed by atoms with van der Waals surface area (Å²) in [5, 5.41) is 2.82. The summed E-state index contributed by atoms with van der Waals surface area (Å²) < 4.78 is 25.6. The number of halogens is 2. The topological polar surface area (TPSA) is 123 Å². The number of hydrogen-bond acceptors (Lipinski definition) is 6. The second kappa shape index (κ2) is 7.54. The van der Waals surface area contributed by atoms with E-state index in [1.807, 2.05) is 22.6 Å². The Morgan fingerprint density at radius 3 is 2.79 bits per heavy atom. The van der Waals surface area contributed by atoms with E-state index in [4.69, 9.17) is 14.9 Å². The molecule has 0 saturated carbocycles. The van der Waals surface area contributed by atoms with Crippen LogP contribution in [-0.2, 0) is 0 Å². The molecule has 2 aromatic heterocycles. The average Bonchev–Trinajstić information content (AvgIpc) is 3.03. The monoisotopic (exact) mass is 506 g/mol. The number of fused-ring (bicyclic) bond motifs is 1. The van der Waals surface area contributed by atoms with E-state index in [1.54, 1.807) is 24.3 Å². The van der Waals surface area contributed by atoms with Crippen LogP contribution in [0.5, 0.6) is 11.5 Å². The predicted molar refractivity (Wildman–Crippen MR) is 112 cm³/mol. The zero-order valence-corrected chi connectivity index (χ0v) is 16.7. The van der Waals surface area contributed by atoms with E-state index >= 15 is 0 Å². The molecule has 2 aromatic carbocycles. The number of primary amides is 1. The molecular formula is C19H12FIN4O4. The first-order valence-corrected chi connectivity index (χ1v) is 9.29. The van der Waals surface area contributed by atoms with E-state index in [-0.39, 0.29) is 22.7 Å². The molecule has 146 valence electrons. The van der Waals surface area contributed by atoms with Gasteiger partial charge in [0.15, 0.2) is 11.3 Å². The van der Waals surface area contributed by atoms with Gasteiger partial charge in [-0.1, -0.05) is 0 Å². The number of rotatable bonds is 5. The van der Waals surface area contributed by atoms with Crippen molar-refractivity contribution in [1.82, 2.24) is 9.97 Å². The number of benzene rings is 2. The summed E-state index contributed by atoms with van der Waals surface area (Å²) in [6, 6.07) is 9.24. The van der Waals surface area contributed by atoms with Crippen LogP contribution in [0, 0.1) is 9.39 Å². The van der Waals surface area contributed by atoms with Gasteiger partial charge in [0, 0.05) is 9.64 Å². The van der Waals surface area contributed by atoms with Crippen molar-refractivity contribution in [2.75, 3.05) is 5.32 Å². The maximum atomic E-state index is 14.2. The van der Waals surface area contributed by atoms with Crippen molar-refractivity contribution < 1.29 is 18.3 Å². The highest BCUT2D eigenvalue weighted by molar-refractivity contribution is 14.1. The lowest BCUT2D eigenvalue weighted by atomic mass is 10.2. The molecule has 10 heteroatoms. The Hall–Kier alpha value is -3.41. The maximum absolute atomic E-state index is 14.2. The first-order chi connectivity index (χ1) is 13.9. The fraction of sp³-hybridized carbons (Fsp3) is 0. The number of carbonyl (C=O) groups is 1. The zero-order valence-electron chi connectivity index (χ0n) is 14.5. The van der Waals surface area contributed by atoms with Crippen molar-refractivity contribution in [2.45, 2.75) is 0 Å². The van der Waals surface area contributed by atoms with Gasteiger partial charge in [-0.3, -0.25) is 14.8 Å². The number of pyridine rings is 1. The molecule has 4 N–H and O–H groups in total. The Bertz CT molecular complexity index is 1300. The van der Waals surface area contributed by atoms with Gasteiger partial charge in [0.2, 0.25) is 0 Å². The lowest BCUT2D eigenvalue weighted by molar-refractivity contribution is 0.0999. The average molecular weight is 506 g/mol. The minimum Gasteiger partial charge on any atom is -0.455 e. The van der Waals surface area contributed by atoms with Gasteiger partial charge in [-0.15, -0.1) is 0 Å². The molecule has 29 heavy (non-hydrogen) atoms. The highest BCUT2D eigenvalue weighted by Gasteiger charge is 2.18. The molecule has 1 amide bonds. The van der Waals surface area contributed by atoms with Crippen LogP contribution in [0.4, 0.5) is 15.8 Å². The summed E-state index contributed by atoms with van der Waals surface area (Å²) in [6.07, 6.45) is 2.67. The first kappa shape index (κ1) is 18.9. The van der Waals surface area contributed by atoms with Gasteiger partial charge in [0.05, 0.1) is 29.3 Å². The number of nitrogens with one attached hydrogen (secondary N) is 2. The van der Waals surface area contributed by atoms with E-state index < -0.39 is 17.5 Å². The number of nitrogens with two attached hydrogens (primary N) is 1. The standard InChI is InChI=1S/C19H12FIN4O4/c20-11-5-9(21)1-3-12(11)24-14-7-23-8-16(17(14)18(22)26)28-10-2-4-15-13(6-10)25-19(27)29-15/h1-8,24H,(H2,22,26)(H,25,27). The largest absolute Gasteiger partial charge is 0.455 e. The summed E-state index contributed by atoms with van der Waals surface area (Å²) in [5.74, 6) is -1.49. The molecule has 4 aromatic rings. The van der Waals surface area contributed by atoms with Crippen LogP contribution >= 0.6 is 22.6 Å². The number of amides is 1. The molecule has 0 saturated heterocycles. The zero-order chi connectivity index (χ0) is 20.5. The Morgan fingerprint density at radius 1 is 1.21 bits per heavy atom. The lowest BCUT2D eigenvalue weighted by Crippen LogP contribution is -2.15. The maximum Gasteiger partial charge on any atom is 0.417 e. The van der Waals surface area contributed by atoms with Crippen LogP contribution in [0.3, 0.4) is 0 Å². The number of aromatic amines is 1. The molecule has 0 spiro atoms. The molecule has 0 aliphatic heterocycles. The number of carbonyl (C=O) groups excluding carboxylic acids is 1. The molecule has 0 aliphatic rings. The van der Waals surface area contributed by atoms with Gasteiger partial charge in [0.25, 0.3) is 5.91 Å². The summed E-state index contributed by atoms with van der Waals surface area (Å²) in [7, 11) is 0. The second-order valence-electron chi connectivity index (χ2n) is 5.95. The molecular weight excluding hydrogens is 494 g/mol. The predicted octanol–water partition coefficient (Wildman–Crippen LogP) is 3.89. The van der Waals surface area contributed by atoms with Gasteiger partial charge in [-0.2, -0.15) is 0 Å². The number of aromatic nitrogens is 2. The van der Waals surface area contributed by atoms with Gasteiger partial charge >= 0.3 is 5.76 Å². The van der Waals surface area contributed by atoms with Crippen LogP contribution in [-0.4, -0.2) is 15.9 Å². The fourth-order valence-corrected chi connectivity index (χ4v) is 3.18. The lowest BCUT2D eigenvalue weighted by Gasteiger charge is -2.14. The van der Waals surface area contributed by atoms with Gasteiger partial charge in [-0.05, 0) is 52.9 Å². The van der Waals surface area contributed by atoms with Crippen molar-refractivity contribution in [3.8, 4) is 11.5 Å². The van der Waals surface area contributed by atoms with Crippen LogP contribution in [0.2, 0.25) is 0 Å². The molecule has 0 bridgehead atoms. The minimum atomic E-state index is -0.784. The molecule has 0 aliphatic carbocycles. The smallest absolute Gasteiger partial charge is 0.417 e. The van der Waals surface area contributed by atoms with Crippen LogP contribution < -0.4 is 21.5 Å². The fourth-order valence-electron chi connectivity index (χ4n) is 2.73. The number of ether oxygens (including phenoxy) is 1. The molecule has 0 radical (unpaired) electrons. The van der Waals surface area contributed by atoms with Crippen LogP contribution in [0.1, 0.15) is 10.4 Å². The van der Waals surface area contributed by atoms with E-state index in [0.29, 0.717) is 16.8 Å². The van der Waals surface area contributed by atoms with Crippen molar-refractivity contribution in [3.63, 3.8) is 0 Å². The van der Waals surface area contributed by atoms with E-state index in [1.165, 1.54) is 24.5 Å². The van der Waals surface area contributed by atoms with Crippen molar-refractivity contribution in [2.24, 2.45) is 5.73 Å². The Labute approximate surface area is 176 Å². The molecule has 2 heterocycles. The SMILES string of the molecule is NC(=O)c1c(Nc2ccc(I)cc2F)cncc1Oc1ccc2oc(=O)[nH]c2c1. The second-order valence-corrected chi connectivity index (χ2v) is 7.19. The van der Waals surface area contributed by atoms with Crippen molar-refractivity contribution in [3.05, 3.63) is 74.3 Å². The third-order valence-electron chi connectivity index (χ3n) is 3.98. The summed E-state index contributed by atoms with van der Waals surface area (Å²) in [6.45, 7) is 0. The van der Waals surface area contributed by atoms with E-state index in [2.05, 4.69) is 15.3 Å². The van der Waals surface area contributed by atoms with Crippen molar-refractivity contribution in [1.29, 1.82) is 0 Å². The van der Waals surface area contributed by atoms with Gasteiger partial charge < -0.3 is 20.2 Å². The summed E-state index contributed by atoms with van der Waals surface area (Å²) in [5.41, 5.74) is 6.67. The molecule has 0 unspecified atom stereocenters. The normalized spacial score (nSPS) is 10.8. The third kappa shape index (κ3) is 3.92. The number of hydrogen-bond donors (Lipinski definition) is 3. The number of anilines is 2. The summed E-state index contributed by atoms with van der Waals surface area (Å²) in [4.78, 5) is 29.9. The number of H-pyrrole nitrogens is 1. The highest BCUT2D eigenvalue weighted by Crippen LogP contribution is 2.32. The summed E-state index contributed by atoms with van der Waals surface area (Å²) >= 11 is 1.99. The molecule has 0 fully saturated rings. The van der Waals surface area contributed by atoms with Gasteiger partial charge in [0.1, 0.15) is 17.1 Å². The third-order valence-corrected chi connectivity index (χ3v) is 4.65. The van der Waals surface area contributed by atoms with Crippen LogP contribution in [0.25, 0.3) is 11.1 Å². The first-order valence-electron chi connectivity index (χ1n) is 8.21. The number of oxazole rings is 1. The Morgan fingerprint density at radius 2 is 2.03 bits per heavy atom. The van der Waals surface area contributed by atoms with E-state index in [9.17, 15) is 14.0 Å². The van der Waals surface area contributed by atoms with Crippen molar-refractivity contribution >= 4 is 51.0 Å². The quantitative estimate of drug-likeness (QED) is 0.353. The molecule has 8 nitrogen and oxygen atoms in total. The van der Waals surface area contributed by atoms with Crippen LogP contribution in [0.15, 0.2) is 58.0 Å². The minimum absolute atomic E-state index is 0.00117. The van der Waals surface area contributed by atoms with E-state index in [0.717, 1.165) is 3.57 Å². The Kier molecular flexibility index (Phi) is 4.92.